The van der Waals surface area contributed by atoms with Crippen LogP contribution in [0.15, 0.2) is 48.5 Å². The van der Waals surface area contributed by atoms with E-state index in [0.29, 0.717) is 17.9 Å². The molecular weight excluding hydrogens is 370 g/mol. The highest BCUT2D eigenvalue weighted by Gasteiger charge is 2.16. The molecule has 2 aromatic carbocycles. The van der Waals surface area contributed by atoms with Crippen molar-refractivity contribution in [1.82, 2.24) is 0 Å². The number of ether oxygens (including phenoxy) is 3. The van der Waals surface area contributed by atoms with Gasteiger partial charge in [0.15, 0.2) is 6.61 Å². The fraction of sp³-hybridized carbons (Fsp3) is 0.391. The van der Waals surface area contributed by atoms with E-state index < -0.39 is 5.97 Å². The number of hydrogen-bond donors (Lipinski definition) is 1. The van der Waals surface area contributed by atoms with Crippen LogP contribution in [0.3, 0.4) is 0 Å². The Balaban J connectivity index is 1.47. The average Bonchev–Trinajstić information content (AvgIpc) is 3.25. The molecule has 1 amide bonds. The zero-order chi connectivity index (χ0) is 20.6. The molecule has 2 aromatic rings. The summed E-state index contributed by atoms with van der Waals surface area (Å²) in [5.74, 6) is 0.0149. The molecule has 1 fully saturated rings. The van der Waals surface area contributed by atoms with Gasteiger partial charge in [-0.25, -0.2) is 4.79 Å². The second kappa shape index (κ2) is 10.1. The molecule has 154 valence electrons. The monoisotopic (exact) mass is 397 g/mol. The van der Waals surface area contributed by atoms with E-state index >= 15 is 0 Å². The summed E-state index contributed by atoms with van der Waals surface area (Å²) in [7, 11) is 0. The van der Waals surface area contributed by atoms with Crippen molar-refractivity contribution < 1.29 is 23.8 Å². The SMILES string of the molecule is CC(C)c1ccccc1NC(=O)COC(=O)c1ccc(OC[C@@H]2CCCO2)cc1. The third-order valence-electron chi connectivity index (χ3n) is 4.74. The van der Waals surface area contributed by atoms with E-state index in [1.54, 1.807) is 24.3 Å². The molecule has 1 N–H and O–H groups in total. The van der Waals surface area contributed by atoms with E-state index in [9.17, 15) is 9.59 Å². The second-order valence-corrected chi connectivity index (χ2v) is 7.34. The first-order valence-electron chi connectivity index (χ1n) is 9.93. The lowest BCUT2D eigenvalue weighted by Gasteiger charge is -2.14. The molecule has 1 saturated heterocycles. The maximum absolute atomic E-state index is 12.2. The lowest BCUT2D eigenvalue weighted by atomic mass is 10.0. The molecule has 1 aliphatic heterocycles. The van der Waals surface area contributed by atoms with Gasteiger partial charge in [-0.15, -0.1) is 0 Å². The van der Waals surface area contributed by atoms with E-state index in [4.69, 9.17) is 14.2 Å². The Hall–Kier alpha value is -2.86. The number of nitrogens with one attached hydrogen (secondary N) is 1. The average molecular weight is 397 g/mol. The molecule has 0 saturated carbocycles. The van der Waals surface area contributed by atoms with Gasteiger partial charge in [-0.3, -0.25) is 4.79 Å². The summed E-state index contributed by atoms with van der Waals surface area (Å²) in [5.41, 5.74) is 2.13. The fourth-order valence-electron chi connectivity index (χ4n) is 3.17. The summed E-state index contributed by atoms with van der Waals surface area (Å²) >= 11 is 0. The van der Waals surface area contributed by atoms with Crippen molar-refractivity contribution in [3.63, 3.8) is 0 Å². The number of carbonyl (C=O) groups is 2. The molecule has 3 rings (SSSR count). The zero-order valence-electron chi connectivity index (χ0n) is 16.9. The maximum atomic E-state index is 12.2. The van der Waals surface area contributed by atoms with Crippen LogP contribution < -0.4 is 10.1 Å². The van der Waals surface area contributed by atoms with E-state index in [0.717, 1.165) is 30.7 Å². The predicted molar refractivity (Wildman–Crippen MR) is 110 cm³/mol. The number of anilines is 1. The first-order chi connectivity index (χ1) is 14.0. The lowest BCUT2D eigenvalue weighted by Crippen LogP contribution is -2.21. The van der Waals surface area contributed by atoms with Gasteiger partial charge in [-0.2, -0.15) is 0 Å². The Bertz CT molecular complexity index is 825. The molecule has 1 atom stereocenters. The predicted octanol–water partition coefficient (Wildman–Crippen LogP) is 4.16. The van der Waals surface area contributed by atoms with Gasteiger partial charge in [0.1, 0.15) is 12.4 Å². The highest BCUT2D eigenvalue weighted by Crippen LogP contribution is 2.23. The number of para-hydroxylation sites is 1. The number of rotatable bonds is 8. The standard InChI is InChI=1S/C23H27NO5/c1-16(2)20-7-3-4-8-21(20)24-22(25)15-29-23(26)17-9-11-18(12-10-17)28-14-19-6-5-13-27-19/h3-4,7-12,16,19H,5-6,13-15H2,1-2H3,(H,24,25)/t19-/m0/s1. The zero-order valence-corrected chi connectivity index (χ0v) is 16.9. The third-order valence-corrected chi connectivity index (χ3v) is 4.74. The van der Waals surface area contributed by atoms with Crippen molar-refractivity contribution in [3.05, 3.63) is 59.7 Å². The van der Waals surface area contributed by atoms with Gasteiger partial charge in [0.25, 0.3) is 5.91 Å². The van der Waals surface area contributed by atoms with E-state index in [-0.39, 0.29) is 24.5 Å². The van der Waals surface area contributed by atoms with Gasteiger partial charge >= 0.3 is 5.97 Å². The molecule has 1 heterocycles. The quantitative estimate of drug-likeness (QED) is 0.677. The van der Waals surface area contributed by atoms with Crippen LogP contribution in [-0.4, -0.2) is 37.8 Å². The molecule has 0 aliphatic carbocycles. The summed E-state index contributed by atoms with van der Waals surface area (Å²) < 4.78 is 16.3. The van der Waals surface area contributed by atoms with Crippen LogP contribution >= 0.6 is 0 Å². The fourth-order valence-corrected chi connectivity index (χ4v) is 3.17. The lowest BCUT2D eigenvalue weighted by molar-refractivity contribution is -0.119. The van der Waals surface area contributed by atoms with E-state index in [1.807, 2.05) is 24.3 Å². The van der Waals surface area contributed by atoms with Gasteiger partial charge in [-0.05, 0) is 54.7 Å². The Labute approximate surface area is 171 Å². The summed E-state index contributed by atoms with van der Waals surface area (Å²) in [6.07, 6.45) is 2.21. The molecule has 0 unspecified atom stereocenters. The van der Waals surface area contributed by atoms with Crippen molar-refractivity contribution in [2.45, 2.75) is 38.7 Å². The maximum Gasteiger partial charge on any atom is 0.338 e. The van der Waals surface area contributed by atoms with Gasteiger partial charge in [0, 0.05) is 12.3 Å². The molecule has 0 spiro atoms. The van der Waals surface area contributed by atoms with Crippen molar-refractivity contribution in [2.24, 2.45) is 0 Å². The van der Waals surface area contributed by atoms with Crippen molar-refractivity contribution >= 4 is 17.6 Å². The molecule has 29 heavy (non-hydrogen) atoms. The molecule has 6 heteroatoms. The summed E-state index contributed by atoms with van der Waals surface area (Å²) in [4.78, 5) is 24.4. The molecule has 0 bridgehead atoms. The Morgan fingerprint density at radius 3 is 2.59 bits per heavy atom. The molecule has 0 aromatic heterocycles. The van der Waals surface area contributed by atoms with Crippen LogP contribution in [0.2, 0.25) is 0 Å². The van der Waals surface area contributed by atoms with Crippen LogP contribution in [0.4, 0.5) is 5.69 Å². The summed E-state index contributed by atoms with van der Waals surface area (Å²) in [6, 6.07) is 14.3. The first-order valence-corrected chi connectivity index (χ1v) is 9.93. The summed E-state index contributed by atoms with van der Waals surface area (Å²) in [5, 5.41) is 2.80. The highest BCUT2D eigenvalue weighted by atomic mass is 16.5. The van der Waals surface area contributed by atoms with Crippen LogP contribution in [-0.2, 0) is 14.3 Å². The number of carbonyl (C=O) groups excluding carboxylic acids is 2. The Kier molecular flexibility index (Phi) is 7.25. The normalized spacial score (nSPS) is 15.9. The van der Waals surface area contributed by atoms with Crippen molar-refractivity contribution in [3.8, 4) is 5.75 Å². The van der Waals surface area contributed by atoms with Crippen LogP contribution in [0.5, 0.6) is 5.75 Å². The van der Waals surface area contributed by atoms with Crippen LogP contribution in [0, 0.1) is 0 Å². The number of hydrogen-bond acceptors (Lipinski definition) is 5. The topological polar surface area (TPSA) is 73.9 Å². The van der Waals surface area contributed by atoms with E-state index in [2.05, 4.69) is 19.2 Å². The molecule has 6 nitrogen and oxygen atoms in total. The Morgan fingerprint density at radius 1 is 1.14 bits per heavy atom. The van der Waals surface area contributed by atoms with E-state index in [1.165, 1.54) is 0 Å². The molecular formula is C23H27NO5. The minimum Gasteiger partial charge on any atom is -0.491 e. The number of amides is 1. The van der Waals surface area contributed by atoms with Gasteiger partial charge in [0.05, 0.1) is 11.7 Å². The number of esters is 1. The third kappa shape index (κ3) is 6.06. The second-order valence-electron chi connectivity index (χ2n) is 7.34. The number of benzene rings is 2. The van der Waals surface area contributed by atoms with Crippen LogP contribution in [0.1, 0.15) is 48.5 Å². The molecule has 0 radical (unpaired) electrons. The molecule has 1 aliphatic rings. The van der Waals surface area contributed by atoms with Crippen molar-refractivity contribution in [1.29, 1.82) is 0 Å². The minimum atomic E-state index is -0.553. The minimum absolute atomic E-state index is 0.138. The van der Waals surface area contributed by atoms with Gasteiger partial charge < -0.3 is 19.5 Å². The van der Waals surface area contributed by atoms with Crippen molar-refractivity contribution in [2.75, 3.05) is 25.1 Å². The summed E-state index contributed by atoms with van der Waals surface area (Å²) in [6.45, 7) is 5.05. The Morgan fingerprint density at radius 2 is 1.90 bits per heavy atom. The van der Waals surface area contributed by atoms with Gasteiger partial charge in [0.2, 0.25) is 0 Å². The van der Waals surface area contributed by atoms with Gasteiger partial charge in [-0.1, -0.05) is 32.0 Å². The first kappa shape index (κ1) is 20.9. The smallest absolute Gasteiger partial charge is 0.338 e. The van der Waals surface area contributed by atoms with Crippen LogP contribution in [0.25, 0.3) is 0 Å². The highest BCUT2D eigenvalue weighted by molar-refractivity contribution is 5.96. The largest absolute Gasteiger partial charge is 0.491 e.